The smallest absolute Gasteiger partial charge is 0.191 e. The Hall–Kier alpha value is -0.890. The molecule has 0 aliphatic rings. The van der Waals surface area contributed by atoms with Crippen molar-refractivity contribution >= 4 is 29.9 Å². The second kappa shape index (κ2) is 11.9. The zero-order valence-electron chi connectivity index (χ0n) is 12.0. The molecule has 0 radical (unpaired) electrons. The molecule has 0 saturated heterocycles. The first kappa shape index (κ1) is 19.1. The van der Waals surface area contributed by atoms with Gasteiger partial charge in [0.2, 0.25) is 0 Å². The number of guanidine groups is 1. The average molecular weight is 395 g/mol. The average Bonchev–Trinajstić information content (AvgIpc) is 2.41. The van der Waals surface area contributed by atoms with Crippen LogP contribution in [0.4, 0.5) is 4.39 Å². The molecule has 0 fully saturated rings. The molecule has 114 valence electrons. The van der Waals surface area contributed by atoms with Gasteiger partial charge in [-0.1, -0.05) is 12.1 Å². The lowest BCUT2D eigenvalue weighted by molar-refractivity contribution is 0.195. The van der Waals surface area contributed by atoms with Crippen molar-refractivity contribution in [2.75, 3.05) is 26.8 Å². The molecule has 0 aliphatic heterocycles. The van der Waals surface area contributed by atoms with Crippen LogP contribution in [-0.4, -0.2) is 32.8 Å². The zero-order valence-corrected chi connectivity index (χ0v) is 14.3. The van der Waals surface area contributed by atoms with Crippen LogP contribution in [0, 0.1) is 5.82 Å². The van der Waals surface area contributed by atoms with Crippen LogP contribution >= 0.6 is 24.0 Å². The summed E-state index contributed by atoms with van der Waals surface area (Å²) in [5, 5.41) is 6.35. The molecular weight excluding hydrogens is 372 g/mol. The third kappa shape index (κ3) is 8.31. The Labute approximate surface area is 137 Å². The molecule has 1 aromatic rings. The number of ether oxygens (including phenoxy) is 1. The van der Waals surface area contributed by atoms with E-state index >= 15 is 0 Å². The van der Waals surface area contributed by atoms with E-state index in [9.17, 15) is 4.39 Å². The third-order valence-corrected chi connectivity index (χ3v) is 2.47. The molecule has 4 nitrogen and oxygen atoms in total. The molecule has 0 aliphatic carbocycles. The van der Waals surface area contributed by atoms with Crippen LogP contribution in [0.2, 0.25) is 0 Å². The summed E-state index contributed by atoms with van der Waals surface area (Å²) in [7, 11) is 1.68. The Morgan fingerprint density at radius 1 is 1.35 bits per heavy atom. The van der Waals surface area contributed by atoms with Gasteiger partial charge in [-0.2, -0.15) is 0 Å². The van der Waals surface area contributed by atoms with Crippen molar-refractivity contribution in [3.05, 3.63) is 35.6 Å². The van der Waals surface area contributed by atoms with E-state index in [2.05, 4.69) is 15.6 Å². The molecule has 0 aromatic heterocycles. The van der Waals surface area contributed by atoms with Crippen molar-refractivity contribution in [3.63, 3.8) is 0 Å². The Balaban J connectivity index is 0.00000361. The first-order chi connectivity index (χ1) is 9.26. The summed E-state index contributed by atoms with van der Waals surface area (Å²) >= 11 is 0. The van der Waals surface area contributed by atoms with Gasteiger partial charge in [0, 0.05) is 26.8 Å². The maximum atomic E-state index is 13.0. The topological polar surface area (TPSA) is 45.7 Å². The molecule has 0 spiro atoms. The first-order valence-corrected chi connectivity index (χ1v) is 6.51. The minimum atomic E-state index is -0.231. The van der Waals surface area contributed by atoms with Crippen molar-refractivity contribution in [3.8, 4) is 0 Å². The summed E-state index contributed by atoms with van der Waals surface area (Å²) in [6.45, 7) is 4.77. The third-order valence-electron chi connectivity index (χ3n) is 2.47. The molecule has 0 atom stereocenters. The van der Waals surface area contributed by atoms with Gasteiger partial charge in [0.1, 0.15) is 5.82 Å². The number of nitrogens with zero attached hydrogens (tertiary/aromatic N) is 1. The van der Waals surface area contributed by atoms with Crippen LogP contribution in [0.5, 0.6) is 0 Å². The molecule has 2 N–H and O–H groups in total. The van der Waals surface area contributed by atoms with Crippen molar-refractivity contribution in [1.29, 1.82) is 0 Å². The Morgan fingerprint density at radius 2 is 2.15 bits per heavy atom. The van der Waals surface area contributed by atoms with E-state index < -0.39 is 0 Å². The molecule has 0 saturated carbocycles. The van der Waals surface area contributed by atoms with E-state index in [-0.39, 0.29) is 29.8 Å². The minimum Gasteiger partial charge on any atom is -0.385 e. The highest BCUT2D eigenvalue weighted by molar-refractivity contribution is 14.0. The second-order valence-corrected chi connectivity index (χ2v) is 4.10. The van der Waals surface area contributed by atoms with E-state index in [1.54, 1.807) is 13.2 Å². The SMILES string of the molecule is CCNC(=NCc1cccc(F)c1)NCCCOC.I. The largest absolute Gasteiger partial charge is 0.385 e. The molecule has 20 heavy (non-hydrogen) atoms. The summed E-state index contributed by atoms with van der Waals surface area (Å²) < 4.78 is 18.0. The summed E-state index contributed by atoms with van der Waals surface area (Å²) in [5.41, 5.74) is 0.856. The van der Waals surface area contributed by atoms with Gasteiger partial charge in [0.05, 0.1) is 6.54 Å². The summed E-state index contributed by atoms with van der Waals surface area (Å²) in [6.07, 6.45) is 0.918. The van der Waals surface area contributed by atoms with E-state index in [4.69, 9.17) is 4.74 Å². The number of rotatable bonds is 7. The number of hydrogen-bond donors (Lipinski definition) is 2. The Kier molecular flexibility index (Phi) is 11.4. The highest BCUT2D eigenvalue weighted by atomic mass is 127. The van der Waals surface area contributed by atoms with Crippen molar-refractivity contribution < 1.29 is 9.13 Å². The monoisotopic (exact) mass is 395 g/mol. The number of aliphatic imine (C=N–C) groups is 1. The fourth-order valence-corrected chi connectivity index (χ4v) is 1.57. The van der Waals surface area contributed by atoms with Crippen LogP contribution < -0.4 is 10.6 Å². The van der Waals surface area contributed by atoms with Crippen LogP contribution in [0.1, 0.15) is 18.9 Å². The summed E-state index contributed by atoms with van der Waals surface area (Å²) in [6, 6.07) is 6.49. The number of hydrogen-bond acceptors (Lipinski definition) is 2. The number of benzene rings is 1. The quantitative estimate of drug-likeness (QED) is 0.323. The fourth-order valence-electron chi connectivity index (χ4n) is 1.57. The summed E-state index contributed by atoms with van der Waals surface area (Å²) in [4.78, 5) is 4.41. The van der Waals surface area contributed by atoms with Gasteiger partial charge in [-0.3, -0.25) is 0 Å². The van der Waals surface area contributed by atoms with E-state index in [1.807, 2.05) is 13.0 Å². The Morgan fingerprint density at radius 3 is 2.80 bits per heavy atom. The molecule has 6 heteroatoms. The van der Waals surface area contributed by atoms with Crippen molar-refractivity contribution in [2.45, 2.75) is 19.9 Å². The van der Waals surface area contributed by atoms with Gasteiger partial charge in [-0.05, 0) is 31.0 Å². The van der Waals surface area contributed by atoms with Gasteiger partial charge in [-0.25, -0.2) is 9.38 Å². The molecule has 0 unspecified atom stereocenters. The van der Waals surface area contributed by atoms with Gasteiger partial charge in [-0.15, -0.1) is 24.0 Å². The molecule has 0 amide bonds. The minimum absolute atomic E-state index is 0. The van der Waals surface area contributed by atoms with Gasteiger partial charge in [0.25, 0.3) is 0 Å². The zero-order chi connectivity index (χ0) is 13.9. The van der Waals surface area contributed by atoms with Crippen molar-refractivity contribution in [2.24, 2.45) is 4.99 Å². The van der Waals surface area contributed by atoms with Crippen molar-refractivity contribution in [1.82, 2.24) is 10.6 Å². The Bertz CT molecular complexity index is 402. The maximum absolute atomic E-state index is 13.0. The van der Waals surface area contributed by atoms with Gasteiger partial charge in [0.15, 0.2) is 5.96 Å². The maximum Gasteiger partial charge on any atom is 0.191 e. The van der Waals surface area contributed by atoms with Crippen LogP contribution in [0.15, 0.2) is 29.3 Å². The molecule has 1 rings (SSSR count). The summed E-state index contributed by atoms with van der Waals surface area (Å²) in [5.74, 6) is 0.508. The second-order valence-electron chi connectivity index (χ2n) is 4.10. The van der Waals surface area contributed by atoms with Crippen LogP contribution in [0.25, 0.3) is 0 Å². The molecule has 1 aromatic carbocycles. The lowest BCUT2D eigenvalue weighted by Gasteiger charge is -2.11. The normalized spacial score (nSPS) is 10.8. The van der Waals surface area contributed by atoms with E-state index in [1.165, 1.54) is 12.1 Å². The predicted octanol–water partition coefficient (Wildman–Crippen LogP) is 2.54. The highest BCUT2D eigenvalue weighted by Crippen LogP contribution is 2.04. The molecule has 0 heterocycles. The van der Waals surface area contributed by atoms with E-state index in [0.717, 1.165) is 37.6 Å². The highest BCUT2D eigenvalue weighted by Gasteiger charge is 1.98. The van der Waals surface area contributed by atoms with E-state index in [0.29, 0.717) is 6.54 Å². The number of halogens is 2. The van der Waals surface area contributed by atoms with Crippen LogP contribution in [-0.2, 0) is 11.3 Å². The number of nitrogens with one attached hydrogen (secondary N) is 2. The predicted molar refractivity (Wildman–Crippen MR) is 91.1 cm³/mol. The lowest BCUT2D eigenvalue weighted by atomic mass is 10.2. The van der Waals surface area contributed by atoms with Gasteiger partial charge >= 0.3 is 0 Å². The number of methoxy groups -OCH3 is 1. The fraction of sp³-hybridized carbons (Fsp3) is 0.500. The van der Waals surface area contributed by atoms with Crippen LogP contribution in [0.3, 0.4) is 0 Å². The first-order valence-electron chi connectivity index (χ1n) is 6.51. The molecule has 0 bridgehead atoms. The lowest BCUT2D eigenvalue weighted by Crippen LogP contribution is -2.38. The molecular formula is C14H23FIN3O. The van der Waals surface area contributed by atoms with Gasteiger partial charge < -0.3 is 15.4 Å². The standard InChI is InChI=1S/C14H22FN3O.HI/c1-3-16-14(17-8-5-9-19-2)18-11-12-6-4-7-13(15)10-12;/h4,6-7,10H,3,5,8-9,11H2,1-2H3,(H2,16,17,18);1H.